The van der Waals surface area contributed by atoms with Crippen molar-refractivity contribution < 1.29 is 8.88 Å². The SMILES string of the molecule is CP(C)(C)(C)OB(OP(C)(C)(C)C)c1ccccc1. The molecule has 0 aliphatic carbocycles. The van der Waals surface area contributed by atoms with Crippen molar-refractivity contribution >= 4 is 26.2 Å². The van der Waals surface area contributed by atoms with Crippen LogP contribution in [0, 0.1) is 0 Å². The fraction of sp³-hybridized carbons (Fsp3) is 0.571. The summed E-state index contributed by atoms with van der Waals surface area (Å²) in [6, 6.07) is 10.2. The van der Waals surface area contributed by atoms with Crippen LogP contribution in [-0.2, 0) is 8.88 Å². The maximum atomic E-state index is 6.39. The molecular weight excluding hydrogens is 273 g/mol. The Morgan fingerprint density at radius 2 is 1.05 bits per heavy atom. The summed E-state index contributed by atoms with van der Waals surface area (Å²) in [5.74, 6) is 0. The summed E-state index contributed by atoms with van der Waals surface area (Å²) in [5, 5.41) is 0. The van der Waals surface area contributed by atoms with Crippen LogP contribution in [0.2, 0.25) is 0 Å². The number of hydrogen-bond donors (Lipinski definition) is 0. The van der Waals surface area contributed by atoms with Gasteiger partial charge in [0.25, 0.3) is 0 Å². The quantitative estimate of drug-likeness (QED) is 0.613. The van der Waals surface area contributed by atoms with Gasteiger partial charge in [0, 0.05) is 0 Å². The molecule has 110 valence electrons. The van der Waals surface area contributed by atoms with E-state index in [0.29, 0.717) is 0 Å². The van der Waals surface area contributed by atoms with Crippen molar-refractivity contribution in [1.29, 1.82) is 0 Å². The van der Waals surface area contributed by atoms with E-state index in [1.807, 2.05) is 18.2 Å². The number of rotatable bonds is 5. The molecule has 0 aromatic heterocycles. The van der Waals surface area contributed by atoms with Crippen molar-refractivity contribution in [1.82, 2.24) is 0 Å². The van der Waals surface area contributed by atoms with Gasteiger partial charge in [-0.1, -0.05) is 0 Å². The third-order valence-electron chi connectivity index (χ3n) is 2.11. The first-order valence-electron chi connectivity index (χ1n) is 6.61. The van der Waals surface area contributed by atoms with E-state index in [9.17, 15) is 0 Å². The minimum absolute atomic E-state index is 0.272. The van der Waals surface area contributed by atoms with Gasteiger partial charge >= 0.3 is 119 Å². The first-order valence-corrected chi connectivity index (χ1v) is 14.5. The summed E-state index contributed by atoms with van der Waals surface area (Å²) in [4.78, 5) is 0. The Hall–Kier alpha value is 0.0649. The van der Waals surface area contributed by atoms with Gasteiger partial charge in [-0.3, -0.25) is 0 Å². The Bertz CT molecular complexity index is 401. The predicted octanol–water partition coefficient (Wildman–Crippen LogP) is 3.39. The molecule has 0 heterocycles. The molecule has 0 spiro atoms. The van der Waals surface area contributed by atoms with Gasteiger partial charge in [0.1, 0.15) is 0 Å². The van der Waals surface area contributed by atoms with Crippen molar-refractivity contribution in [3.05, 3.63) is 30.3 Å². The summed E-state index contributed by atoms with van der Waals surface area (Å²) < 4.78 is 12.8. The van der Waals surface area contributed by atoms with E-state index in [0.717, 1.165) is 5.46 Å². The van der Waals surface area contributed by atoms with Crippen LogP contribution in [-0.4, -0.2) is 60.4 Å². The second-order valence-corrected chi connectivity index (χ2v) is 22.9. The van der Waals surface area contributed by atoms with Crippen molar-refractivity contribution in [3.8, 4) is 0 Å². The molecule has 0 fully saturated rings. The van der Waals surface area contributed by atoms with Crippen LogP contribution < -0.4 is 5.46 Å². The average molecular weight is 302 g/mol. The average Bonchev–Trinajstić information content (AvgIpc) is 2.11. The summed E-state index contributed by atoms with van der Waals surface area (Å²) >= 11 is 0. The van der Waals surface area contributed by atoms with Gasteiger partial charge in [0.2, 0.25) is 0 Å². The van der Waals surface area contributed by atoms with Crippen LogP contribution in [0.4, 0.5) is 0 Å². The molecule has 19 heavy (non-hydrogen) atoms. The molecule has 0 radical (unpaired) electrons. The third-order valence-corrected chi connectivity index (χ3v) is 4.18. The van der Waals surface area contributed by atoms with E-state index in [1.54, 1.807) is 0 Å². The summed E-state index contributed by atoms with van der Waals surface area (Å²) in [6.45, 7) is 13.4. The topological polar surface area (TPSA) is 18.5 Å². The molecule has 0 unspecified atom stereocenters. The maximum absolute atomic E-state index is 6.39. The molecule has 1 aromatic rings. The van der Waals surface area contributed by atoms with Crippen LogP contribution in [0.25, 0.3) is 0 Å². The van der Waals surface area contributed by atoms with Crippen LogP contribution in [0.15, 0.2) is 30.3 Å². The van der Waals surface area contributed by atoms with Crippen molar-refractivity contribution in [2.45, 2.75) is 0 Å². The van der Waals surface area contributed by atoms with Crippen molar-refractivity contribution in [3.63, 3.8) is 0 Å². The van der Waals surface area contributed by atoms with Gasteiger partial charge in [-0.05, 0) is 0 Å². The molecule has 0 atom stereocenters. The molecule has 1 aromatic carbocycles. The molecule has 0 saturated carbocycles. The monoisotopic (exact) mass is 302 g/mol. The molecule has 1 rings (SSSR count). The zero-order valence-corrected chi connectivity index (χ0v) is 15.5. The zero-order valence-electron chi connectivity index (χ0n) is 13.7. The van der Waals surface area contributed by atoms with Gasteiger partial charge in [-0.2, -0.15) is 0 Å². The molecule has 0 aliphatic rings. The molecule has 0 saturated heterocycles. The third kappa shape index (κ3) is 8.05. The first kappa shape index (κ1) is 17.1. The predicted molar refractivity (Wildman–Crippen MR) is 95.2 cm³/mol. The van der Waals surface area contributed by atoms with Gasteiger partial charge < -0.3 is 0 Å². The molecule has 5 heteroatoms. The van der Waals surface area contributed by atoms with Gasteiger partial charge in [-0.25, -0.2) is 0 Å². The second-order valence-electron chi connectivity index (χ2n) is 8.78. The standard InChI is InChI=1S/C14H29BO2P2/c1-18(2,3,4)16-15(17-19(5,6,7)8)14-12-10-9-11-13-14/h9-13H,1-8H3. The van der Waals surface area contributed by atoms with Gasteiger partial charge in [-0.15, -0.1) is 0 Å². The molecule has 0 bridgehead atoms. The Balaban J connectivity index is 3.07. The normalized spacial score (nSPS) is 17.1. The Morgan fingerprint density at radius 3 is 1.37 bits per heavy atom. The second kappa shape index (κ2) is 4.81. The Labute approximate surface area is 119 Å². The molecule has 2 nitrogen and oxygen atoms in total. The summed E-state index contributed by atoms with van der Waals surface area (Å²) in [7, 11) is -0.272. The van der Waals surface area contributed by atoms with E-state index in [2.05, 4.69) is 65.5 Å². The van der Waals surface area contributed by atoms with Gasteiger partial charge in [0.05, 0.1) is 0 Å². The van der Waals surface area contributed by atoms with E-state index in [-0.39, 0.29) is 7.12 Å². The summed E-state index contributed by atoms with van der Waals surface area (Å²) in [5.41, 5.74) is 1.10. The van der Waals surface area contributed by atoms with Crippen LogP contribution in [0.5, 0.6) is 0 Å². The first-order chi connectivity index (χ1) is 8.18. The molecule has 0 aliphatic heterocycles. The van der Waals surface area contributed by atoms with E-state index in [4.69, 9.17) is 8.88 Å². The minimum atomic E-state index is -2.11. The van der Waals surface area contributed by atoms with Crippen LogP contribution in [0.3, 0.4) is 0 Å². The van der Waals surface area contributed by atoms with Crippen molar-refractivity contribution in [2.75, 3.05) is 53.3 Å². The molecular formula is C14H29BO2P2. The van der Waals surface area contributed by atoms with E-state index < -0.39 is 13.7 Å². The molecule has 0 N–H and O–H groups in total. The molecule has 0 amide bonds. The fourth-order valence-electron chi connectivity index (χ4n) is 1.52. The summed E-state index contributed by atoms with van der Waals surface area (Å²) in [6.07, 6.45) is 0. The Morgan fingerprint density at radius 1 is 0.684 bits per heavy atom. The zero-order chi connectivity index (χ0) is 15.0. The number of hydrogen-bond acceptors (Lipinski definition) is 2. The van der Waals surface area contributed by atoms with E-state index >= 15 is 0 Å². The van der Waals surface area contributed by atoms with Crippen LogP contribution >= 0.6 is 13.7 Å². The number of benzene rings is 1. The Kier molecular flexibility index (Phi) is 4.34. The van der Waals surface area contributed by atoms with Crippen molar-refractivity contribution in [2.24, 2.45) is 0 Å². The fourth-order valence-corrected chi connectivity index (χ4v) is 3.45. The van der Waals surface area contributed by atoms with E-state index in [1.165, 1.54) is 0 Å². The van der Waals surface area contributed by atoms with Crippen LogP contribution in [0.1, 0.15) is 0 Å². The van der Waals surface area contributed by atoms with Gasteiger partial charge in [0.15, 0.2) is 0 Å².